The number of benzene rings is 2. The zero-order chi connectivity index (χ0) is 22.1. The van der Waals surface area contributed by atoms with Crippen LogP contribution in [0.4, 0.5) is 5.69 Å². The van der Waals surface area contributed by atoms with Crippen LogP contribution in [0.25, 0.3) is 0 Å². The van der Waals surface area contributed by atoms with Crippen LogP contribution in [0, 0.1) is 0 Å². The predicted octanol–water partition coefficient (Wildman–Crippen LogP) is 1.72. The van der Waals surface area contributed by atoms with Gasteiger partial charge in [0.25, 0.3) is 5.91 Å². The van der Waals surface area contributed by atoms with Crippen molar-refractivity contribution in [2.45, 2.75) is 38.1 Å². The van der Waals surface area contributed by atoms with Gasteiger partial charge in [0.1, 0.15) is 6.04 Å². The zero-order valence-corrected chi connectivity index (χ0v) is 17.7. The average Bonchev–Trinajstić information content (AvgIpc) is 3.14. The molecule has 0 aromatic heterocycles. The molecule has 0 bridgehead atoms. The molecule has 0 spiro atoms. The standard InChI is InChI=1S/C24H26N4O4/c29-22-8-7-20(23(30)27-22)28-14-17-11-15(1-6-19(17)24(28)31)12-26-18-4-2-16(3-5-18)21-13-25-9-10-32-21/h1-6,11,20-21,25-26H,7-10,12-14H2,(H,27,29,30). The second kappa shape index (κ2) is 8.72. The van der Waals surface area contributed by atoms with Crippen molar-refractivity contribution in [3.8, 4) is 0 Å². The number of hydrogen-bond donors (Lipinski definition) is 3. The largest absolute Gasteiger partial charge is 0.381 e. The highest BCUT2D eigenvalue weighted by Crippen LogP contribution is 2.28. The monoisotopic (exact) mass is 434 g/mol. The maximum absolute atomic E-state index is 12.8. The molecular weight excluding hydrogens is 408 g/mol. The number of carbonyl (C=O) groups excluding carboxylic acids is 3. The van der Waals surface area contributed by atoms with Crippen molar-refractivity contribution in [3.63, 3.8) is 0 Å². The molecule has 166 valence electrons. The molecule has 3 amide bonds. The molecular formula is C24H26N4O4. The highest BCUT2D eigenvalue weighted by atomic mass is 16.5. The molecule has 0 aliphatic carbocycles. The minimum Gasteiger partial charge on any atom is -0.381 e. The van der Waals surface area contributed by atoms with Crippen molar-refractivity contribution in [3.05, 3.63) is 64.7 Å². The van der Waals surface area contributed by atoms with Crippen LogP contribution < -0.4 is 16.0 Å². The van der Waals surface area contributed by atoms with Crippen molar-refractivity contribution in [1.29, 1.82) is 0 Å². The van der Waals surface area contributed by atoms with Gasteiger partial charge in [-0.3, -0.25) is 19.7 Å². The number of carbonyl (C=O) groups is 3. The first kappa shape index (κ1) is 20.7. The molecule has 2 unspecified atom stereocenters. The molecule has 2 fully saturated rings. The lowest BCUT2D eigenvalue weighted by Gasteiger charge is -2.29. The van der Waals surface area contributed by atoms with Crippen LogP contribution in [0.2, 0.25) is 0 Å². The molecule has 3 N–H and O–H groups in total. The molecule has 2 aromatic carbocycles. The minimum absolute atomic E-state index is 0.0966. The Morgan fingerprint density at radius 3 is 2.69 bits per heavy atom. The lowest BCUT2D eigenvalue weighted by Crippen LogP contribution is -2.52. The van der Waals surface area contributed by atoms with Gasteiger partial charge < -0.3 is 20.3 Å². The van der Waals surface area contributed by atoms with Gasteiger partial charge in [0, 0.05) is 43.9 Å². The number of nitrogens with one attached hydrogen (secondary N) is 3. The number of morpholine rings is 1. The third-order valence-electron chi connectivity index (χ3n) is 6.29. The van der Waals surface area contributed by atoms with Gasteiger partial charge >= 0.3 is 0 Å². The lowest BCUT2D eigenvalue weighted by molar-refractivity contribution is -0.136. The van der Waals surface area contributed by atoms with E-state index in [2.05, 4.69) is 40.2 Å². The molecule has 3 aliphatic heterocycles. The fraction of sp³-hybridized carbons (Fsp3) is 0.375. The number of anilines is 1. The number of nitrogens with zero attached hydrogens (tertiary/aromatic N) is 1. The van der Waals surface area contributed by atoms with E-state index in [1.807, 2.05) is 18.2 Å². The summed E-state index contributed by atoms with van der Waals surface area (Å²) in [6.07, 6.45) is 0.726. The molecule has 3 heterocycles. The summed E-state index contributed by atoms with van der Waals surface area (Å²) in [7, 11) is 0. The van der Waals surface area contributed by atoms with Crippen molar-refractivity contribution in [2.24, 2.45) is 0 Å². The van der Waals surface area contributed by atoms with Crippen molar-refractivity contribution in [2.75, 3.05) is 25.0 Å². The third-order valence-corrected chi connectivity index (χ3v) is 6.29. The van der Waals surface area contributed by atoms with Crippen LogP contribution in [-0.4, -0.2) is 48.4 Å². The van der Waals surface area contributed by atoms with Gasteiger partial charge in [0.05, 0.1) is 12.7 Å². The molecule has 8 heteroatoms. The molecule has 2 atom stereocenters. The van der Waals surface area contributed by atoms with Crippen molar-refractivity contribution < 1.29 is 19.1 Å². The zero-order valence-electron chi connectivity index (χ0n) is 17.7. The highest BCUT2D eigenvalue weighted by Gasteiger charge is 2.39. The van der Waals surface area contributed by atoms with E-state index in [9.17, 15) is 14.4 Å². The summed E-state index contributed by atoms with van der Waals surface area (Å²) in [4.78, 5) is 38.0. The fourth-order valence-corrected chi connectivity index (χ4v) is 4.54. The van der Waals surface area contributed by atoms with E-state index in [0.717, 1.165) is 42.1 Å². The second-order valence-corrected chi connectivity index (χ2v) is 8.43. The molecule has 0 radical (unpaired) electrons. The number of fused-ring (bicyclic) bond motifs is 1. The third kappa shape index (κ3) is 4.11. The van der Waals surface area contributed by atoms with Crippen molar-refractivity contribution >= 4 is 23.4 Å². The maximum Gasteiger partial charge on any atom is 0.255 e. The smallest absolute Gasteiger partial charge is 0.255 e. The Hall–Kier alpha value is -3.23. The normalized spacial score (nSPS) is 23.1. The Kier molecular flexibility index (Phi) is 5.63. The number of imide groups is 1. The van der Waals surface area contributed by atoms with Gasteiger partial charge in [0.15, 0.2) is 0 Å². The van der Waals surface area contributed by atoms with Gasteiger partial charge in [-0.2, -0.15) is 0 Å². The summed E-state index contributed by atoms with van der Waals surface area (Å²) in [5.41, 5.74) is 4.78. The Bertz CT molecular complexity index is 1050. The predicted molar refractivity (Wildman–Crippen MR) is 118 cm³/mol. The molecule has 8 nitrogen and oxygen atoms in total. The van der Waals surface area contributed by atoms with Gasteiger partial charge in [-0.15, -0.1) is 0 Å². The lowest BCUT2D eigenvalue weighted by atomic mass is 10.0. The maximum atomic E-state index is 12.8. The molecule has 2 saturated heterocycles. The summed E-state index contributed by atoms with van der Waals surface area (Å²) in [5, 5.41) is 9.10. The van der Waals surface area contributed by atoms with Gasteiger partial charge in [-0.1, -0.05) is 24.3 Å². The van der Waals surface area contributed by atoms with Gasteiger partial charge in [-0.25, -0.2) is 0 Å². The first-order valence-corrected chi connectivity index (χ1v) is 11.0. The topological polar surface area (TPSA) is 99.8 Å². The Morgan fingerprint density at radius 1 is 1.09 bits per heavy atom. The second-order valence-electron chi connectivity index (χ2n) is 8.43. The van der Waals surface area contributed by atoms with E-state index in [0.29, 0.717) is 25.1 Å². The summed E-state index contributed by atoms with van der Waals surface area (Å²) in [6.45, 7) is 3.47. The van der Waals surface area contributed by atoms with Crippen LogP contribution in [0.15, 0.2) is 42.5 Å². The van der Waals surface area contributed by atoms with E-state index in [1.54, 1.807) is 4.90 Å². The number of amides is 3. The van der Waals surface area contributed by atoms with E-state index < -0.39 is 6.04 Å². The summed E-state index contributed by atoms with van der Waals surface area (Å²) in [6, 6.07) is 13.5. The summed E-state index contributed by atoms with van der Waals surface area (Å²) in [5.74, 6) is -0.814. The van der Waals surface area contributed by atoms with E-state index in [-0.39, 0.29) is 30.2 Å². The van der Waals surface area contributed by atoms with Crippen LogP contribution in [0.1, 0.15) is 46.0 Å². The highest BCUT2D eigenvalue weighted by molar-refractivity contribution is 6.05. The van der Waals surface area contributed by atoms with E-state index >= 15 is 0 Å². The van der Waals surface area contributed by atoms with Crippen LogP contribution >= 0.6 is 0 Å². The molecule has 3 aliphatic rings. The molecule has 5 rings (SSSR count). The number of rotatable bonds is 5. The van der Waals surface area contributed by atoms with Crippen molar-refractivity contribution in [1.82, 2.24) is 15.5 Å². The Morgan fingerprint density at radius 2 is 1.94 bits per heavy atom. The molecule has 2 aromatic rings. The van der Waals surface area contributed by atoms with Gasteiger partial charge in [-0.05, 0) is 41.3 Å². The van der Waals surface area contributed by atoms with Gasteiger partial charge in [0.2, 0.25) is 11.8 Å². The molecule has 0 saturated carbocycles. The Labute approximate surface area is 186 Å². The average molecular weight is 434 g/mol. The quantitative estimate of drug-likeness (QED) is 0.620. The van der Waals surface area contributed by atoms with E-state index in [1.165, 1.54) is 0 Å². The Balaban J connectivity index is 1.22. The van der Waals surface area contributed by atoms with Crippen LogP contribution in [0.5, 0.6) is 0 Å². The summed E-state index contributed by atoms with van der Waals surface area (Å²) < 4.78 is 5.79. The first-order valence-electron chi connectivity index (χ1n) is 11.0. The number of ether oxygens (including phenoxy) is 1. The molecule has 32 heavy (non-hydrogen) atoms. The SMILES string of the molecule is O=C1CCC(N2Cc3cc(CNc4ccc(C5CNCCO5)cc4)ccc3C2=O)C(=O)N1. The number of piperidine rings is 1. The first-order chi connectivity index (χ1) is 15.6. The summed E-state index contributed by atoms with van der Waals surface area (Å²) >= 11 is 0. The number of hydrogen-bond acceptors (Lipinski definition) is 6. The van der Waals surface area contributed by atoms with Crippen LogP contribution in [-0.2, 0) is 27.4 Å². The minimum atomic E-state index is -0.587. The van der Waals surface area contributed by atoms with Crippen LogP contribution in [0.3, 0.4) is 0 Å². The van der Waals surface area contributed by atoms with E-state index in [4.69, 9.17) is 4.74 Å². The fourth-order valence-electron chi connectivity index (χ4n) is 4.54.